The number of hydrogen-bond donors (Lipinski definition) is 3. The molecule has 2 heterocycles. The lowest BCUT2D eigenvalue weighted by molar-refractivity contribution is -0.122. The smallest absolute Gasteiger partial charge is 0.240 e. The normalized spacial score (nSPS) is 23.0. The molecule has 2 fully saturated rings. The maximum absolute atomic E-state index is 12.1. The SMILES string of the molecule is Cc1ccc(NC(=O)C[C@H]2S/C(=N/N=C3/NC(=O)CS3)NC2=O)cc1. The lowest BCUT2D eigenvalue weighted by Gasteiger charge is -2.07. The maximum atomic E-state index is 12.1. The van der Waals surface area contributed by atoms with Crippen molar-refractivity contribution in [1.82, 2.24) is 10.6 Å². The zero-order valence-corrected chi connectivity index (χ0v) is 14.9. The second kappa shape index (κ2) is 7.70. The molecule has 1 atom stereocenters. The molecule has 3 amide bonds. The first-order valence-electron chi connectivity index (χ1n) is 7.42. The Morgan fingerprint density at radius 1 is 1.20 bits per heavy atom. The van der Waals surface area contributed by atoms with E-state index in [2.05, 4.69) is 26.2 Å². The maximum Gasteiger partial charge on any atom is 0.240 e. The highest BCUT2D eigenvalue weighted by atomic mass is 32.2. The Kier molecular flexibility index (Phi) is 5.39. The van der Waals surface area contributed by atoms with E-state index >= 15 is 0 Å². The summed E-state index contributed by atoms with van der Waals surface area (Å²) in [5, 5.41) is 15.8. The highest BCUT2D eigenvalue weighted by Crippen LogP contribution is 2.23. The van der Waals surface area contributed by atoms with Gasteiger partial charge in [0.1, 0.15) is 5.25 Å². The van der Waals surface area contributed by atoms with Crippen molar-refractivity contribution in [3.8, 4) is 0 Å². The fourth-order valence-electron chi connectivity index (χ4n) is 2.07. The summed E-state index contributed by atoms with van der Waals surface area (Å²) >= 11 is 2.39. The van der Waals surface area contributed by atoms with Gasteiger partial charge in [-0.3, -0.25) is 14.4 Å². The van der Waals surface area contributed by atoms with Crippen LogP contribution < -0.4 is 16.0 Å². The summed E-state index contributed by atoms with van der Waals surface area (Å²) in [6, 6.07) is 7.42. The fourth-order valence-corrected chi connectivity index (χ4v) is 3.62. The minimum atomic E-state index is -0.560. The predicted octanol–water partition coefficient (Wildman–Crippen LogP) is 1.05. The van der Waals surface area contributed by atoms with Crippen LogP contribution in [0, 0.1) is 6.92 Å². The molecule has 10 heteroatoms. The number of rotatable bonds is 4. The van der Waals surface area contributed by atoms with Gasteiger partial charge in [0.25, 0.3) is 0 Å². The van der Waals surface area contributed by atoms with Crippen molar-refractivity contribution in [1.29, 1.82) is 0 Å². The first-order valence-corrected chi connectivity index (χ1v) is 9.28. The van der Waals surface area contributed by atoms with E-state index in [1.165, 1.54) is 11.8 Å². The summed E-state index contributed by atoms with van der Waals surface area (Å²) in [4.78, 5) is 35.1. The zero-order valence-electron chi connectivity index (χ0n) is 13.2. The van der Waals surface area contributed by atoms with Gasteiger partial charge in [-0.25, -0.2) is 0 Å². The first kappa shape index (κ1) is 17.5. The first-order chi connectivity index (χ1) is 12.0. The number of nitrogens with one attached hydrogen (secondary N) is 3. The van der Waals surface area contributed by atoms with E-state index in [4.69, 9.17) is 0 Å². The molecule has 0 aliphatic carbocycles. The summed E-state index contributed by atoms with van der Waals surface area (Å²) in [6.07, 6.45) is 0.0332. The molecule has 8 nitrogen and oxygen atoms in total. The number of carbonyl (C=O) groups is 3. The van der Waals surface area contributed by atoms with Crippen LogP contribution in [0.15, 0.2) is 34.5 Å². The molecule has 0 aromatic heterocycles. The molecule has 0 unspecified atom stereocenters. The van der Waals surface area contributed by atoms with E-state index in [9.17, 15) is 14.4 Å². The second-order valence-electron chi connectivity index (χ2n) is 5.36. The molecule has 3 rings (SSSR count). The van der Waals surface area contributed by atoms with Crippen LogP contribution in [0.5, 0.6) is 0 Å². The molecule has 2 aliphatic rings. The summed E-state index contributed by atoms with van der Waals surface area (Å²) in [7, 11) is 0. The molecular formula is C15H15N5O3S2. The Balaban J connectivity index is 1.54. The molecule has 1 aromatic rings. The van der Waals surface area contributed by atoms with Gasteiger partial charge in [0, 0.05) is 12.1 Å². The summed E-state index contributed by atoms with van der Waals surface area (Å²) in [5.41, 5.74) is 1.79. The molecule has 0 radical (unpaired) electrons. The largest absolute Gasteiger partial charge is 0.326 e. The summed E-state index contributed by atoms with van der Waals surface area (Å²) in [6.45, 7) is 1.96. The van der Waals surface area contributed by atoms with E-state index in [0.29, 0.717) is 21.8 Å². The Morgan fingerprint density at radius 2 is 1.92 bits per heavy atom. The van der Waals surface area contributed by atoms with Crippen molar-refractivity contribution in [2.45, 2.75) is 18.6 Å². The average molecular weight is 377 g/mol. The van der Waals surface area contributed by atoms with Crippen LogP contribution in [0.1, 0.15) is 12.0 Å². The van der Waals surface area contributed by atoms with Gasteiger partial charge in [-0.2, -0.15) is 0 Å². The third kappa shape index (κ3) is 4.83. The van der Waals surface area contributed by atoms with Gasteiger partial charge < -0.3 is 16.0 Å². The molecule has 2 aliphatic heterocycles. The summed E-state index contributed by atoms with van der Waals surface area (Å²) in [5.74, 6) is -0.350. The number of carbonyl (C=O) groups excluding carboxylic acids is 3. The van der Waals surface area contributed by atoms with Crippen molar-refractivity contribution in [3.63, 3.8) is 0 Å². The third-order valence-corrected chi connectivity index (χ3v) is 5.24. The van der Waals surface area contributed by atoms with Crippen molar-refractivity contribution >= 4 is 57.3 Å². The number of benzene rings is 1. The Morgan fingerprint density at radius 3 is 2.60 bits per heavy atom. The van der Waals surface area contributed by atoms with E-state index in [1.807, 2.05) is 31.2 Å². The van der Waals surface area contributed by atoms with Gasteiger partial charge in [-0.05, 0) is 19.1 Å². The highest BCUT2D eigenvalue weighted by Gasteiger charge is 2.32. The lowest BCUT2D eigenvalue weighted by Crippen LogP contribution is -2.28. The molecule has 3 N–H and O–H groups in total. The quantitative estimate of drug-likeness (QED) is 0.679. The Bertz CT molecular complexity index is 776. The minimum Gasteiger partial charge on any atom is -0.326 e. The van der Waals surface area contributed by atoms with Gasteiger partial charge in [-0.1, -0.05) is 41.2 Å². The predicted molar refractivity (Wildman–Crippen MR) is 99.4 cm³/mol. The molecule has 130 valence electrons. The van der Waals surface area contributed by atoms with Crippen LogP contribution in [0.2, 0.25) is 0 Å². The fraction of sp³-hybridized carbons (Fsp3) is 0.267. The number of anilines is 1. The van der Waals surface area contributed by atoms with Crippen LogP contribution in [0.4, 0.5) is 5.69 Å². The zero-order chi connectivity index (χ0) is 17.8. The Hall–Kier alpha value is -2.33. The van der Waals surface area contributed by atoms with Crippen molar-refractivity contribution < 1.29 is 14.4 Å². The van der Waals surface area contributed by atoms with Crippen molar-refractivity contribution in [3.05, 3.63) is 29.8 Å². The number of aryl methyl sites for hydroxylation is 1. The van der Waals surface area contributed by atoms with Crippen LogP contribution in [0.25, 0.3) is 0 Å². The van der Waals surface area contributed by atoms with Crippen molar-refractivity contribution in [2.75, 3.05) is 11.1 Å². The molecule has 25 heavy (non-hydrogen) atoms. The number of amidine groups is 2. The highest BCUT2D eigenvalue weighted by molar-refractivity contribution is 8.15. The molecule has 2 saturated heterocycles. The molecule has 0 saturated carbocycles. The molecule has 1 aromatic carbocycles. The van der Waals surface area contributed by atoms with Crippen LogP contribution in [-0.4, -0.2) is 39.1 Å². The van der Waals surface area contributed by atoms with E-state index in [-0.39, 0.29) is 24.1 Å². The number of amides is 3. The van der Waals surface area contributed by atoms with Crippen molar-refractivity contribution in [2.24, 2.45) is 10.2 Å². The summed E-state index contributed by atoms with van der Waals surface area (Å²) < 4.78 is 0. The van der Waals surface area contributed by atoms with Crippen LogP contribution in [-0.2, 0) is 14.4 Å². The van der Waals surface area contributed by atoms with Gasteiger partial charge in [0.2, 0.25) is 17.7 Å². The lowest BCUT2D eigenvalue weighted by atomic mass is 10.2. The van der Waals surface area contributed by atoms with E-state index in [1.54, 1.807) is 0 Å². The molecular weight excluding hydrogens is 362 g/mol. The van der Waals surface area contributed by atoms with Crippen LogP contribution >= 0.6 is 23.5 Å². The van der Waals surface area contributed by atoms with Crippen LogP contribution in [0.3, 0.4) is 0 Å². The van der Waals surface area contributed by atoms with E-state index < -0.39 is 5.25 Å². The minimum absolute atomic E-state index is 0.0332. The molecule has 0 bridgehead atoms. The number of thioether (sulfide) groups is 2. The topological polar surface area (TPSA) is 112 Å². The number of hydrogen-bond acceptors (Lipinski definition) is 7. The van der Waals surface area contributed by atoms with Gasteiger partial charge in [-0.15, -0.1) is 10.2 Å². The van der Waals surface area contributed by atoms with E-state index in [0.717, 1.165) is 17.3 Å². The third-order valence-electron chi connectivity index (χ3n) is 3.30. The van der Waals surface area contributed by atoms with Gasteiger partial charge in [0.15, 0.2) is 10.3 Å². The average Bonchev–Trinajstić information content (AvgIpc) is 3.14. The standard InChI is InChI=1S/C15H15N5O3S2/c1-8-2-4-9(5-3-8)16-11(21)6-10-13(23)18-15(25-10)20-19-14-17-12(22)7-24-14/h2-5,10H,6-7H2,1H3,(H,16,21)(H,17,19,22)(H,18,20,23)/t10-/m1/s1. The number of nitrogens with zero attached hydrogens (tertiary/aromatic N) is 2. The monoisotopic (exact) mass is 377 g/mol. The Labute approximate surface area is 152 Å². The van der Waals surface area contributed by atoms with Gasteiger partial charge in [0.05, 0.1) is 5.75 Å². The molecule has 0 spiro atoms. The van der Waals surface area contributed by atoms with Gasteiger partial charge >= 0.3 is 0 Å². The second-order valence-corrected chi connectivity index (χ2v) is 7.52.